The molecule has 22 heavy (non-hydrogen) atoms. The number of nitrogens with one attached hydrogen (secondary N) is 2. The lowest BCUT2D eigenvalue weighted by Gasteiger charge is -2.20. The van der Waals surface area contributed by atoms with E-state index in [2.05, 4.69) is 43.0 Å². The number of halogens is 1. The monoisotopic (exact) mass is 386 g/mol. The summed E-state index contributed by atoms with van der Waals surface area (Å²) >= 11 is 5.17. The van der Waals surface area contributed by atoms with Gasteiger partial charge < -0.3 is 15.5 Å². The van der Waals surface area contributed by atoms with Crippen LogP contribution >= 0.6 is 27.3 Å². The van der Waals surface area contributed by atoms with Gasteiger partial charge in [-0.3, -0.25) is 9.79 Å². The lowest BCUT2D eigenvalue weighted by molar-refractivity contribution is -0.133. The molecule has 7 heteroatoms. The molecule has 1 amide bonds. The molecular weight excluding hydrogens is 364 g/mol. The Morgan fingerprint density at radius 1 is 1.59 bits per heavy atom. The predicted molar refractivity (Wildman–Crippen MR) is 95.2 cm³/mol. The van der Waals surface area contributed by atoms with Crippen molar-refractivity contribution in [2.24, 2.45) is 10.9 Å². The van der Waals surface area contributed by atoms with E-state index in [1.54, 1.807) is 18.4 Å². The van der Waals surface area contributed by atoms with Crippen molar-refractivity contribution in [2.45, 2.75) is 32.9 Å². The Kier molecular flexibility index (Phi) is 6.26. The van der Waals surface area contributed by atoms with Crippen molar-refractivity contribution in [1.29, 1.82) is 0 Å². The minimum Gasteiger partial charge on any atom is -0.352 e. The van der Waals surface area contributed by atoms with Crippen LogP contribution in [-0.4, -0.2) is 42.9 Å². The van der Waals surface area contributed by atoms with Crippen LogP contribution < -0.4 is 10.6 Å². The van der Waals surface area contributed by atoms with E-state index in [1.807, 2.05) is 18.7 Å². The SMILES string of the molecule is CN=C(NCc1cc(Br)cs1)NC1CCN(C(=O)C(C)C)C1. The summed E-state index contributed by atoms with van der Waals surface area (Å²) in [5, 5.41) is 8.79. The van der Waals surface area contributed by atoms with Gasteiger partial charge in [0.1, 0.15) is 0 Å². The molecule has 1 aromatic heterocycles. The third kappa shape index (κ3) is 4.71. The van der Waals surface area contributed by atoms with E-state index in [4.69, 9.17) is 0 Å². The molecule has 122 valence electrons. The molecule has 2 heterocycles. The van der Waals surface area contributed by atoms with Crippen LogP contribution in [0.2, 0.25) is 0 Å². The maximum atomic E-state index is 12.0. The molecular formula is C15H23BrN4OS. The number of likely N-dealkylation sites (tertiary alicyclic amines) is 1. The summed E-state index contributed by atoms with van der Waals surface area (Å²) in [5.74, 6) is 1.08. The average molecular weight is 387 g/mol. The number of nitrogens with zero attached hydrogens (tertiary/aromatic N) is 2. The van der Waals surface area contributed by atoms with Crippen LogP contribution in [-0.2, 0) is 11.3 Å². The lowest BCUT2D eigenvalue weighted by atomic mass is 10.2. The molecule has 1 atom stereocenters. The van der Waals surface area contributed by atoms with Crippen LogP contribution in [0, 0.1) is 5.92 Å². The maximum absolute atomic E-state index is 12.0. The normalized spacial score (nSPS) is 18.9. The lowest BCUT2D eigenvalue weighted by Crippen LogP contribution is -2.45. The number of hydrogen-bond acceptors (Lipinski definition) is 3. The van der Waals surface area contributed by atoms with Crippen LogP contribution in [0.15, 0.2) is 20.9 Å². The number of carbonyl (C=O) groups excluding carboxylic acids is 1. The third-order valence-corrected chi connectivity index (χ3v) is 5.31. The average Bonchev–Trinajstić information content (AvgIpc) is 3.11. The number of aliphatic imine (C=N–C) groups is 1. The number of amides is 1. The van der Waals surface area contributed by atoms with E-state index in [9.17, 15) is 4.79 Å². The highest BCUT2D eigenvalue weighted by Gasteiger charge is 2.27. The van der Waals surface area contributed by atoms with Gasteiger partial charge >= 0.3 is 0 Å². The quantitative estimate of drug-likeness (QED) is 0.616. The van der Waals surface area contributed by atoms with Crippen molar-refractivity contribution in [2.75, 3.05) is 20.1 Å². The topological polar surface area (TPSA) is 56.7 Å². The largest absolute Gasteiger partial charge is 0.352 e. The third-order valence-electron chi connectivity index (χ3n) is 3.61. The first-order valence-corrected chi connectivity index (χ1v) is 9.15. The number of guanidine groups is 1. The summed E-state index contributed by atoms with van der Waals surface area (Å²) in [4.78, 5) is 19.5. The number of hydrogen-bond donors (Lipinski definition) is 2. The summed E-state index contributed by atoms with van der Waals surface area (Å²) in [7, 11) is 1.77. The zero-order chi connectivity index (χ0) is 16.1. The van der Waals surface area contributed by atoms with Gasteiger partial charge in [0, 0.05) is 46.8 Å². The molecule has 1 aromatic rings. The first-order chi connectivity index (χ1) is 10.5. The summed E-state index contributed by atoms with van der Waals surface area (Å²) in [6.45, 7) is 6.22. The standard InChI is InChI=1S/C15H23BrN4OS/c1-10(2)14(21)20-5-4-12(8-20)19-15(17-3)18-7-13-6-11(16)9-22-13/h6,9-10,12H,4-5,7-8H2,1-3H3,(H2,17,18,19). The van der Waals surface area contributed by atoms with Crippen LogP contribution in [0.25, 0.3) is 0 Å². The predicted octanol–water partition coefficient (Wildman–Crippen LogP) is 2.43. The second kappa shape index (κ2) is 7.97. The van der Waals surface area contributed by atoms with E-state index in [1.165, 1.54) is 4.88 Å². The van der Waals surface area contributed by atoms with Crippen molar-refractivity contribution >= 4 is 39.1 Å². The minimum atomic E-state index is 0.0634. The fourth-order valence-electron chi connectivity index (χ4n) is 2.45. The summed E-state index contributed by atoms with van der Waals surface area (Å²) in [6.07, 6.45) is 0.962. The van der Waals surface area contributed by atoms with Crippen molar-refractivity contribution in [1.82, 2.24) is 15.5 Å². The Morgan fingerprint density at radius 2 is 2.36 bits per heavy atom. The van der Waals surface area contributed by atoms with Crippen molar-refractivity contribution in [3.8, 4) is 0 Å². The van der Waals surface area contributed by atoms with E-state index in [0.29, 0.717) is 0 Å². The first-order valence-electron chi connectivity index (χ1n) is 7.48. The van der Waals surface area contributed by atoms with Crippen LogP contribution in [0.5, 0.6) is 0 Å². The molecule has 0 spiro atoms. The van der Waals surface area contributed by atoms with Crippen molar-refractivity contribution < 1.29 is 4.79 Å². The molecule has 2 rings (SSSR count). The summed E-state index contributed by atoms with van der Waals surface area (Å²) in [5.41, 5.74) is 0. The Hall–Kier alpha value is -1.08. The highest BCUT2D eigenvalue weighted by atomic mass is 79.9. The van der Waals surface area contributed by atoms with Gasteiger partial charge in [0.05, 0.1) is 6.54 Å². The van der Waals surface area contributed by atoms with Crippen LogP contribution in [0.1, 0.15) is 25.1 Å². The highest BCUT2D eigenvalue weighted by molar-refractivity contribution is 9.10. The van der Waals surface area contributed by atoms with E-state index in [0.717, 1.165) is 36.5 Å². The molecule has 1 fully saturated rings. The van der Waals surface area contributed by atoms with E-state index in [-0.39, 0.29) is 17.9 Å². The molecule has 0 bridgehead atoms. The zero-order valence-corrected chi connectivity index (χ0v) is 15.6. The van der Waals surface area contributed by atoms with E-state index < -0.39 is 0 Å². The van der Waals surface area contributed by atoms with Gasteiger partial charge in [-0.25, -0.2) is 0 Å². The van der Waals surface area contributed by atoms with Crippen LogP contribution in [0.4, 0.5) is 0 Å². The van der Waals surface area contributed by atoms with Crippen LogP contribution in [0.3, 0.4) is 0 Å². The van der Waals surface area contributed by atoms with Crippen molar-refractivity contribution in [3.05, 3.63) is 20.8 Å². The van der Waals surface area contributed by atoms with Gasteiger partial charge in [0.15, 0.2) is 5.96 Å². The van der Waals surface area contributed by atoms with E-state index >= 15 is 0 Å². The maximum Gasteiger partial charge on any atom is 0.225 e. The molecule has 0 aromatic carbocycles. The molecule has 5 nitrogen and oxygen atoms in total. The fraction of sp³-hybridized carbons (Fsp3) is 0.600. The second-order valence-corrected chi connectivity index (χ2v) is 7.64. The molecule has 2 N–H and O–H groups in total. The Morgan fingerprint density at radius 3 is 2.95 bits per heavy atom. The Balaban J connectivity index is 1.80. The second-order valence-electron chi connectivity index (χ2n) is 5.73. The van der Waals surface area contributed by atoms with Gasteiger partial charge in [0.25, 0.3) is 0 Å². The molecule has 0 radical (unpaired) electrons. The Bertz CT molecular complexity index is 543. The highest BCUT2D eigenvalue weighted by Crippen LogP contribution is 2.19. The molecule has 1 unspecified atom stereocenters. The zero-order valence-electron chi connectivity index (χ0n) is 13.2. The first kappa shape index (κ1) is 17.3. The number of carbonyl (C=O) groups is 1. The van der Waals surface area contributed by atoms with Crippen molar-refractivity contribution in [3.63, 3.8) is 0 Å². The molecule has 1 saturated heterocycles. The summed E-state index contributed by atoms with van der Waals surface area (Å²) in [6, 6.07) is 2.37. The Labute approximate surface area is 144 Å². The van der Waals surface area contributed by atoms with Gasteiger partial charge in [-0.2, -0.15) is 0 Å². The number of thiophene rings is 1. The van der Waals surface area contributed by atoms with Gasteiger partial charge in [0.2, 0.25) is 5.91 Å². The molecule has 0 aliphatic carbocycles. The summed E-state index contributed by atoms with van der Waals surface area (Å²) < 4.78 is 1.11. The minimum absolute atomic E-state index is 0.0634. The number of rotatable bonds is 4. The molecule has 0 saturated carbocycles. The fourth-order valence-corrected chi connectivity index (χ4v) is 3.84. The van der Waals surface area contributed by atoms with Gasteiger partial charge in [-0.15, -0.1) is 11.3 Å². The smallest absolute Gasteiger partial charge is 0.225 e. The van der Waals surface area contributed by atoms with Gasteiger partial charge in [-0.1, -0.05) is 13.8 Å². The molecule has 1 aliphatic heterocycles. The molecule has 1 aliphatic rings. The van der Waals surface area contributed by atoms with Gasteiger partial charge in [-0.05, 0) is 28.4 Å².